The molecule has 1 saturated heterocycles. The van der Waals surface area contributed by atoms with Crippen molar-refractivity contribution in [1.82, 2.24) is 4.90 Å². The standard InChI is InChI=1S/C23H31N/c1-23(2,3)22-13-11-19(12-14-22)16-21-10-7-15-24(18-21)17-20-8-5-4-6-9-20/h4-6,8-9,11-14,21H,7,10,15-18H2,1-3H3/t21-/m1/s1. The fourth-order valence-electron chi connectivity index (χ4n) is 3.78. The van der Waals surface area contributed by atoms with E-state index in [0.29, 0.717) is 0 Å². The van der Waals surface area contributed by atoms with Crippen molar-refractivity contribution in [2.24, 2.45) is 5.92 Å². The summed E-state index contributed by atoms with van der Waals surface area (Å²) in [6, 6.07) is 20.2. The first kappa shape index (κ1) is 17.2. The van der Waals surface area contributed by atoms with Gasteiger partial charge in [0, 0.05) is 13.1 Å². The predicted octanol–water partition coefficient (Wildman–Crippen LogP) is 5.44. The highest BCUT2D eigenvalue weighted by Crippen LogP contribution is 2.25. The van der Waals surface area contributed by atoms with Crippen LogP contribution in [0, 0.1) is 5.92 Å². The van der Waals surface area contributed by atoms with Crippen LogP contribution in [0.5, 0.6) is 0 Å². The van der Waals surface area contributed by atoms with E-state index in [0.717, 1.165) is 12.5 Å². The highest BCUT2D eigenvalue weighted by atomic mass is 15.1. The lowest BCUT2D eigenvalue weighted by atomic mass is 9.85. The minimum atomic E-state index is 0.246. The molecule has 2 aromatic rings. The monoisotopic (exact) mass is 321 g/mol. The van der Waals surface area contributed by atoms with Gasteiger partial charge in [0.1, 0.15) is 0 Å². The van der Waals surface area contributed by atoms with Gasteiger partial charge in [0.25, 0.3) is 0 Å². The molecule has 0 radical (unpaired) electrons. The van der Waals surface area contributed by atoms with Gasteiger partial charge in [-0.15, -0.1) is 0 Å². The molecule has 1 nitrogen and oxygen atoms in total. The second kappa shape index (κ2) is 7.53. The van der Waals surface area contributed by atoms with E-state index in [4.69, 9.17) is 0 Å². The fourth-order valence-corrected chi connectivity index (χ4v) is 3.78. The third kappa shape index (κ3) is 4.70. The Morgan fingerprint density at radius 1 is 0.917 bits per heavy atom. The fraction of sp³-hybridized carbons (Fsp3) is 0.478. The molecule has 24 heavy (non-hydrogen) atoms. The maximum absolute atomic E-state index is 2.63. The summed E-state index contributed by atoms with van der Waals surface area (Å²) in [5, 5.41) is 0. The summed E-state index contributed by atoms with van der Waals surface area (Å²) in [4.78, 5) is 2.63. The third-order valence-corrected chi connectivity index (χ3v) is 5.20. The molecular weight excluding hydrogens is 290 g/mol. The van der Waals surface area contributed by atoms with Gasteiger partial charge in [0.2, 0.25) is 0 Å². The number of benzene rings is 2. The molecule has 0 N–H and O–H groups in total. The molecule has 0 unspecified atom stereocenters. The van der Waals surface area contributed by atoms with Crippen LogP contribution in [0.25, 0.3) is 0 Å². The van der Waals surface area contributed by atoms with Crippen LogP contribution in [-0.2, 0) is 18.4 Å². The zero-order valence-electron chi connectivity index (χ0n) is 15.5. The summed E-state index contributed by atoms with van der Waals surface area (Å²) in [6.07, 6.45) is 3.92. The Morgan fingerprint density at radius 3 is 2.29 bits per heavy atom. The average molecular weight is 322 g/mol. The maximum Gasteiger partial charge on any atom is 0.0233 e. The average Bonchev–Trinajstić information content (AvgIpc) is 2.56. The van der Waals surface area contributed by atoms with Crippen molar-refractivity contribution in [2.75, 3.05) is 13.1 Å². The van der Waals surface area contributed by atoms with Crippen LogP contribution >= 0.6 is 0 Å². The highest BCUT2D eigenvalue weighted by Gasteiger charge is 2.20. The maximum atomic E-state index is 2.63. The quantitative estimate of drug-likeness (QED) is 0.725. The van der Waals surface area contributed by atoms with Crippen molar-refractivity contribution >= 4 is 0 Å². The largest absolute Gasteiger partial charge is 0.299 e. The molecular formula is C23H31N. The van der Waals surface area contributed by atoms with E-state index in [1.165, 1.54) is 49.0 Å². The summed E-state index contributed by atoms with van der Waals surface area (Å²) >= 11 is 0. The lowest BCUT2D eigenvalue weighted by Gasteiger charge is -2.33. The van der Waals surface area contributed by atoms with Crippen LogP contribution < -0.4 is 0 Å². The van der Waals surface area contributed by atoms with E-state index >= 15 is 0 Å². The van der Waals surface area contributed by atoms with Gasteiger partial charge in [0.15, 0.2) is 0 Å². The van der Waals surface area contributed by atoms with Crippen molar-refractivity contribution < 1.29 is 0 Å². The van der Waals surface area contributed by atoms with E-state index < -0.39 is 0 Å². The van der Waals surface area contributed by atoms with Crippen molar-refractivity contribution in [1.29, 1.82) is 0 Å². The zero-order chi connectivity index (χ0) is 17.0. The van der Waals surface area contributed by atoms with Gasteiger partial charge in [-0.3, -0.25) is 4.90 Å². The van der Waals surface area contributed by atoms with Gasteiger partial charge in [-0.25, -0.2) is 0 Å². The van der Waals surface area contributed by atoms with Gasteiger partial charge in [-0.1, -0.05) is 75.4 Å². The van der Waals surface area contributed by atoms with Crippen LogP contribution in [0.1, 0.15) is 50.3 Å². The van der Waals surface area contributed by atoms with E-state index in [1.807, 2.05) is 0 Å². The molecule has 1 atom stereocenters. The van der Waals surface area contributed by atoms with Crippen LogP contribution in [-0.4, -0.2) is 18.0 Å². The van der Waals surface area contributed by atoms with Crippen molar-refractivity contribution in [3.8, 4) is 0 Å². The SMILES string of the molecule is CC(C)(C)c1ccc(C[C@H]2CCCN(Cc3ccccc3)C2)cc1. The normalized spacial score (nSPS) is 19.4. The molecule has 3 rings (SSSR count). The first-order valence-electron chi connectivity index (χ1n) is 9.36. The minimum absolute atomic E-state index is 0.246. The molecule has 0 aromatic heterocycles. The molecule has 1 aliphatic rings. The Balaban J connectivity index is 1.57. The predicted molar refractivity (Wildman–Crippen MR) is 103 cm³/mol. The van der Waals surface area contributed by atoms with Crippen LogP contribution in [0.3, 0.4) is 0 Å². The molecule has 1 heteroatoms. The summed E-state index contributed by atoms with van der Waals surface area (Å²) in [5.74, 6) is 0.794. The van der Waals surface area contributed by atoms with E-state index in [1.54, 1.807) is 0 Å². The van der Waals surface area contributed by atoms with Gasteiger partial charge < -0.3 is 0 Å². The number of rotatable bonds is 4. The highest BCUT2D eigenvalue weighted by molar-refractivity contribution is 5.27. The van der Waals surface area contributed by atoms with E-state index in [-0.39, 0.29) is 5.41 Å². The third-order valence-electron chi connectivity index (χ3n) is 5.20. The van der Waals surface area contributed by atoms with Crippen LogP contribution in [0.4, 0.5) is 0 Å². The molecule has 0 spiro atoms. The topological polar surface area (TPSA) is 3.24 Å². The molecule has 1 fully saturated rings. The minimum Gasteiger partial charge on any atom is -0.299 e. The summed E-state index contributed by atoms with van der Waals surface area (Å²) in [5.41, 5.74) is 4.61. The Hall–Kier alpha value is -1.60. The molecule has 0 bridgehead atoms. The van der Waals surface area contributed by atoms with Gasteiger partial charge in [0.05, 0.1) is 0 Å². The number of likely N-dealkylation sites (tertiary alicyclic amines) is 1. The Bertz CT molecular complexity index is 621. The van der Waals surface area contributed by atoms with Gasteiger partial charge >= 0.3 is 0 Å². The van der Waals surface area contributed by atoms with Gasteiger partial charge in [-0.05, 0) is 53.8 Å². The van der Waals surface area contributed by atoms with E-state index in [2.05, 4.69) is 80.3 Å². The zero-order valence-corrected chi connectivity index (χ0v) is 15.5. The summed E-state index contributed by atoms with van der Waals surface area (Å²) in [7, 11) is 0. The Kier molecular flexibility index (Phi) is 5.40. The smallest absolute Gasteiger partial charge is 0.0233 e. The Morgan fingerprint density at radius 2 is 1.62 bits per heavy atom. The number of nitrogens with zero attached hydrogens (tertiary/aromatic N) is 1. The second-order valence-electron chi connectivity index (χ2n) is 8.38. The first-order chi connectivity index (χ1) is 11.5. The second-order valence-corrected chi connectivity index (χ2v) is 8.38. The van der Waals surface area contributed by atoms with Crippen molar-refractivity contribution in [2.45, 2.75) is 52.0 Å². The van der Waals surface area contributed by atoms with Crippen molar-refractivity contribution in [3.05, 3.63) is 71.3 Å². The molecule has 0 aliphatic carbocycles. The number of hydrogen-bond acceptors (Lipinski definition) is 1. The summed E-state index contributed by atoms with van der Waals surface area (Å²) < 4.78 is 0. The molecule has 2 aromatic carbocycles. The molecule has 128 valence electrons. The van der Waals surface area contributed by atoms with E-state index in [9.17, 15) is 0 Å². The molecule has 1 heterocycles. The van der Waals surface area contributed by atoms with Crippen LogP contribution in [0.15, 0.2) is 54.6 Å². The lowest BCUT2D eigenvalue weighted by Crippen LogP contribution is -2.35. The summed E-state index contributed by atoms with van der Waals surface area (Å²) in [6.45, 7) is 10.4. The molecule has 0 amide bonds. The van der Waals surface area contributed by atoms with Gasteiger partial charge in [-0.2, -0.15) is 0 Å². The number of piperidine rings is 1. The lowest BCUT2D eigenvalue weighted by molar-refractivity contribution is 0.167. The molecule has 1 aliphatic heterocycles. The van der Waals surface area contributed by atoms with Crippen molar-refractivity contribution in [3.63, 3.8) is 0 Å². The van der Waals surface area contributed by atoms with Crippen LogP contribution in [0.2, 0.25) is 0 Å². The Labute approximate surface area is 147 Å². The molecule has 0 saturated carbocycles. The first-order valence-corrected chi connectivity index (χ1v) is 9.36. The number of hydrogen-bond donors (Lipinski definition) is 0.